The lowest BCUT2D eigenvalue weighted by molar-refractivity contribution is 0.137. The lowest BCUT2D eigenvalue weighted by Gasteiger charge is -2.38. The summed E-state index contributed by atoms with van der Waals surface area (Å²) in [6, 6.07) is 31.1. The summed E-state index contributed by atoms with van der Waals surface area (Å²) < 4.78 is 0. The highest BCUT2D eigenvalue weighted by Gasteiger charge is 2.27. The van der Waals surface area contributed by atoms with Crippen molar-refractivity contribution in [2.45, 2.75) is 50.2 Å². The Hall–Kier alpha value is -2.13. The zero-order valence-corrected chi connectivity index (χ0v) is 18.2. The SMILES string of the molecule is NC1CCC(N(Cc2ccc(Cl)cc2)CC(c2ccccc2)c2ccccc2)CC1. The van der Waals surface area contributed by atoms with Gasteiger partial charge in [0.1, 0.15) is 0 Å². The Bertz CT molecular complexity index is 848. The van der Waals surface area contributed by atoms with Gasteiger partial charge in [0.2, 0.25) is 0 Å². The van der Waals surface area contributed by atoms with Crippen molar-refractivity contribution in [1.82, 2.24) is 4.90 Å². The molecule has 0 bridgehead atoms. The Morgan fingerprint density at radius 3 is 1.83 bits per heavy atom. The number of nitrogens with two attached hydrogens (primary N) is 1. The quantitative estimate of drug-likeness (QED) is 0.491. The highest BCUT2D eigenvalue weighted by atomic mass is 35.5. The summed E-state index contributed by atoms with van der Waals surface area (Å²) in [7, 11) is 0. The van der Waals surface area contributed by atoms with Crippen molar-refractivity contribution >= 4 is 11.6 Å². The molecule has 2 nitrogen and oxygen atoms in total. The molecule has 30 heavy (non-hydrogen) atoms. The van der Waals surface area contributed by atoms with Crippen molar-refractivity contribution in [3.05, 3.63) is 107 Å². The van der Waals surface area contributed by atoms with Gasteiger partial charge in [-0.15, -0.1) is 0 Å². The van der Waals surface area contributed by atoms with Gasteiger partial charge in [0.05, 0.1) is 0 Å². The second-order valence-electron chi connectivity index (χ2n) is 8.50. The maximum absolute atomic E-state index is 6.22. The minimum absolute atomic E-state index is 0.343. The first kappa shape index (κ1) is 21.1. The van der Waals surface area contributed by atoms with Crippen molar-refractivity contribution in [3.8, 4) is 0 Å². The minimum atomic E-state index is 0.343. The molecule has 0 unspecified atom stereocenters. The van der Waals surface area contributed by atoms with E-state index in [9.17, 15) is 0 Å². The fraction of sp³-hybridized carbons (Fsp3) is 0.333. The number of benzene rings is 3. The fourth-order valence-corrected chi connectivity index (χ4v) is 4.77. The monoisotopic (exact) mass is 418 g/mol. The topological polar surface area (TPSA) is 29.3 Å². The molecule has 2 N–H and O–H groups in total. The highest BCUT2D eigenvalue weighted by molar-refractivity contribution is 6.30. The van der Waals surface area contributed by atoms with Gasteiger partial charge in [-0.25, -0.2) is 0 Å². The van der Waals surface area contributed by atoms with Gasteiger partial charge in [-0.05, 0) is 54.5 Å². The van der Waals surface area contributed by atoms with Crippen LogP contribution in [0.2, 0.25) is 5.02 Å². The Labute approximate surface area is 185 Å². The van der Waals surface area contributed by atoms with Gasteiger partial charge in [-0.3, -0.25) is 4.90 Å². The lowest BCUT2D eigenvalue weighted by atomic mass is 9.87. The van der Waals surface area contributed by atoms with E-state index in [1.54, 1.807) is 0 Å². The molecule has 0 saturated heterocycles. The van der Waals surface area contributed by atoms with Crippen LogP contribution in [0, 0.1) is 0 Å². The smallest absolute Gasteiger partial charge is 0.0406 e. The molecule has 0 aliphatic heterocycles. The highest BCUT2D eigenvalue weighted by Crippen LogP contribution is 2.30. The second kappa shape index (κ2) is 10.3. The van der Waals surface area contributed by atoms with E-state index in [0.717, 1.165) is 31.0 Å². The summed E-state index contributed by atoms with van der Waals surface area (Å²) in [5.41, 5.74) is 10.3. The van der Waals surface area contributed by atoms with E-state index in [0.29, 0.717) is 18.0 Å². The van der Waals surface area contributed by atoms with E-state index >= 15 is 0 Å². The average molecular weight is 419 g/mol. The minimum Gasteiger partial charge on any atom is -0.328 e. The van der Waals surface area contributed by atoms with Crippen molar-refractivity contribution in [2.24, 2.45) is 5.73 Å². The van der Waals surface area contributed by atoms with Crippen LogP contribution in [0.15, 0.2) is 84.9 Å². The molecule has 3 heteroatoms. The summed E-state index contributed by atoms with van der Waals surface area (Å²) in [5, 5.41) is 0.792. The van der Waals surface area contributed by atoms with E-state index in [1.165, 1.54) is 29.5 Å². The van der Waals surface area contributed by atoms with Crippen molar-refractivity contribution in [3.63, 3.8) is 0 Å². The molecule has 0 radical (unpaired) electrons. The molecule has 1 aliphatic carbocycles. The van der Waals surface area contributed by atoms with Gasteiger partial charge in [0.25, 0.3) is 0 Å². The maximum atomic E-state index is 6.22. The standard InChI is InChI=1S/C27H31ClN2/c28-24-13-11-21(12-14-24)19-30(26-17-15-25(29)16-18-26)20-27(22-7-3-1-4-8-22)23-9-5-2-6-10-23/h1-14,25-27H,15-20,29H2. The van der Waals surface area contributed by atoms with E-state index < -0.39 is 0 Å². The Morgan fingerprint density at radius 2 is 1.30 bits per heavy atom. The molecule has 3 aromatic rings. The van der Waals surface area contributed by atoms with Gasteiger partial charge in [-0.2, -0.15) is 0 Å². The molecule has 4 rings (SSSR count). The molecule has 1 fully saturated rings. The van der Waals surface area contributed by atoms with Gasteiger partial charge < -0.3 is 5.73 Å². The van der Waals surface area contributed by atoms with Crippen LogP contribution in [0.1, 0.15) is 48.3 Å². The third kappa shape index (κ3) is 5.51. The summed E-state index contributed by atoms with van der Waals surface area (Å²) in [5.74, 6) is 0.343. The third-order valence-corrected chi connectivity index (χ3v) is 6.63. The molecule has 3 aromatic carbocycles. The number of hydrogen-bond donors (Lipinski definition) is 1. The van der Waals surface area contributed by atoms with Crippen molar-refractivity contribution in [2.75, 3.05) is 6.54 Å². The largest absolute Gasteiger partial charge is 0.328 e. The van der Waals surface area contributed by atoms with E-state index in [2.05, 4.69) is 77.7 Å². The van der Waals surface area contributed by atoms with Crippen LogP contribution in [0.3, 0.4) is 0 Å². The van der Waals surface area contributed by atoms with Crippen molar-refractivity contribution < 1.29 is 0 Å². The summed E-state index contributed by atoms with van der Waals surface area (Å²) in [4.78, 5) is 2.68. The van der Waals surface area contributed by atoms with Crippen LogP contribution in [0.4, 0.5) is 0 Å². The number of hydrogen-bond acceptors (Lipinski definition) is 2. The zero-order valence-electron chi connectivity index (χ0n) is 17.5. The average Bonchev–Trinajstić information content (AvgIpc) is 2.80. The number of halogens is 1. The van der Waals surface area contributed by atoms with Gasteiger partial charge in [0.15, 0.2) is 0 Å². The van der Waals surface area contributed by atoms with Gasteiger partial charge in [0, 0.05) is 36.1 Å². The Morgan fingerprint density at radius 1 is 0.767 bits per heavy atom. The predicted molar refractivity (Wildman–Crippen MR) is 127 cm³/mol. The summed E-state index contributed by atoms with van der Waals surface area (Å²) in [6.07, 6.45) is 4.57. The molecule has 156 valence electrons. The summed E-state index contributed by atoms with van der Waals surface area (Å²) >= 11 is 6.13. The molecule has 1 aliphatic rings. The van der Waals surface area contributed by atoms with Gasteiger partial charge >= 0.3 is 0 Å². The summed E-state index contributed by atoms with van der Waals surface area (Å²) in [6.45, 7) is 1.93. The number of rotatable bonds is 7. The van der Waals surface area contributed by atoms with E-state index in [4.69, 9.17) is 17.3 Å². The zero-order chi connectivity index (χ0) is 20.8. The van der Waals surface area contributed by atoms with Crippen LogP contribution in [0.5, 0.6) is 0 Å². The van der Waals surface area contributed by atoms with Crippen LogP contribution in [-0.2, 0) is 6.54 Å². The maximum Gasteiger partial charge on any atom is 0.0406 e. The molecule has 1 saturated carbocycles. The molecule has 0 spiro atoms. The first-order chi connectivity index (χ1) is 14.7. The fourth-order valence-electron chi connectivity index (χ4n) is 4.64. The van der Waals surface area contributed by atoms with Crippen molar-refractivity contribution in [1.29, 1.82) is 0 Å². The normalized spacial score (nSPS) is 19.3. The molecule has 0 amide bonds. The van der Waals surface area contributed by atoms with E-state index in [-0.39, 0.29) is 0 Å². The predicted octanol–water partition coefficient (Wildman–Crippen LogP) is 6.24. The first-order valence-electron chi connectivity index (χ1n) is 11.0. The molecule has 0 heterocycles. The molecular weight excluding hydrogens is 388 g/mol. The second-order valence-corrected chi connectivity index (χ2v) is 8.93. The molecule has 0 aromatic heterocycles. The Balaban J connectivity index is 1.62. The molecule has 0 atom stereocenters. The lowest BCUT2D eigenvalue weighted by Crippen LogP contribution is -2.42. The number of nitrogens with zero attached hydrogens (tertiary/aromatic N) is 1. The van der Waals surface area contributed by atoms with E-state index in [1.807, 2.05) is 12.1 Å². The van der Waals surface area contributed by atoms with Crippen LogP contribution >= 0.6 is 11.6 Å². The van der Waals surface area contributed by atoms with Crippen LogP contribution in [0.25, 0.3) is 0 Å². The first-order valence-corrected chi connectivity index (χ1v) is 11.4. The van der Waals surface area contributed by atoms with Gasteiger partial charge in [-0.1, -0.05) is 84.4 Å². The van der Waals surface area contributed by atoms with Crippen LogP contribution in [-0.4, -0.2) is 23.5 Å². The molecular formula is C27H31ClN2. The third-order valence-electron chi connectivity index (χ3n) is 6.38. The van der Waals surface area contributed by atoms with Crippen LogP contribution < -0.4 is 5.73 Å². The Kier molecular flexibility index (Phi) is 7.22.